The van der Waals surface area contributed by atoms with Crippen LogP contribution in [0.3, 0.4) is 0 Å². The zero-order valence-electron chi connectivity index (χ0n) is 14.7. The predicted octanol–water partition coefficient (Wildman–Crippen LogP) is 2.14. The van der Waals surface area contributed by atoms with Crippen molar-refractivity contribution in [1.82, 2.24) is 10.3 Å². The summed E-state index contributed by atoms with van der Waals surface area (Å²) in [4.78, 5) is 15.5. The van der Waals surface area contributed by atoms with Gasteiger partial charge in [-0.25, -0.2) is 4.79 Å². The van der Waals surface area contributed by atoms with Crippen molar-refractivity contribution >= 4 is 6.09 Å². The number of hydrogen-bond acceptors (Lipinski definition) is 6. The Morgan fingerprint density at radius 3 is 2.29 bits per heavy atom. The van der Waals surface area contributed by atoms with E-state index in [2.05, 4.69) is 10.3 Å². The number of aliphatic hydroxyl groups excluding tert-OH is 2. The largest absolute Gasteiger partial charge is 0.493 e. The van der Waals surface area contributed by atoms with Gasteiger partial charge in [0.1, 0.15) is 11.4 Å². The van der Waals surface area contributed by atoms with Crippen molar-refractivity contribution in [1.29, 1.82) is 0 Å². The summed E-state index contributed by atoms with van der Waals surface area (Å²) in [5, 5.41) is 21.0. The first kappa shape index (κ1) is 20.2. The van der Waals surface area contributed by atoms with Crippen molar-refractivity contribution in [3.63, 3.8) is 0 Å². The van der Waals surface area contributed by atoms with Crippen molar-refractivity contribution in [3.05, 3.63) is 23.5 Å². The number of aliphatic hydroxyl groups is 2. The second kappa shape index (κ2) is 10.1. The van der Waals surface area contributed by atoms with E-state index in [0.29, 0.717) is 30.3 Å². The molecule has 7 heteroatoms. The monoisotopic (exact) mass is 340 g/mol. The number of aromatic nitrogens is 1. The van der Waals surface area contributed by atoms with Gasteiger partial charge in [-0.2, -0.15) is 0 Å². The van der Waals surface area contributed by atoms with E-state index in [-0.39, 0.29) is 13.2 Å². The molecule has 136 valence electrons. The number of unbranched alkanes of at least 4 members (excludes halogenated alkanes) is 2. The van der Waals surface area contributed by atoms with Crippen LogP contribution in [0, 0.1) is 0 Å². The number of pyridine rings is 1. The molecule has 0 unspecified atom stereocenters. The Morgan fingerprint density at radius 2 is 1.75 bits per heavy atom. The van der Waals surface area contributed by atoms with Gasteiger partial charge in [-0.3, -0.25) is 4.98 Å². The Balaban J connectivity index is 2.17. The number of carbonyl (C=O) groups excluding carboxylic acids is 1. The Labute approximate surface area is 143 Å². The number of alkyl carbamates (subject to hydrolysis) is 1. The first-order valence-electron chi connectivity index (χ1n) is 8.15. The van der Waals surface area contributed by atoms with Crippen molar-refractivity contribution < 1.29 is 24.5 Å². The van der Waals surface area contributed by atoms with Gasteiger partial charge in [0, 0.05) is 18.7 Å². The maximum atomic E-state index is 11.4. The third kappa shape index (κ3) is 8.69. The second-order valence-corrected chi connectivity index (χ2v) is 6.44. The van der Waals surface area contributed by atoms with Gasteiger partial charge in [0.05, 0.1) is 31.2 Å². The summed E-state index contributed by atoms with van der Waals surface area (Å²) < 4.78 is 10.8. The molecule has 1 aromatic rings. The zero-order chi connectivity index (χ0) is 18.0. The molecule has 0 saturated heterocycles. The second-order valence-electron chi connectivity index (χ2n) is 6.44. The lowest BCUT2D eigenvalue weighted by Gasteiger charge is -2.19. The summed E-state index contributed by atoms with van der Waals surface area (Å²) in [6.45, 7) is 6.18. The molecule has 7 nitrogen and oxygen atoms in total. The van der Waals surface area contributed by atoms with E-state index in [1.807, 2.05) is 20.8 Å². The fourth-order valence-electron chi connectivity index (χ4n) is 1.96. The molecule has 24 heavy (non-hydrogen) atoms. The number of amides is 1. The number of ether oxygens (including phenoxy) is 2. The first-order valence-corrected chi connectivity index (χ1v) is 8.15. The highest BCUT2D eigenvalue weighted by molar-refractivity contribution is 5.67. The topological polar surface area (TPSA) is 101 Å². The minimum atomic E-state index is -0.483. The quantitative estimate of drug-likeness (QED) is 0.596. The van der Waals surface area contributed by atoms with Crippen molar-refractivity contribution in [3.8, 4) is 5.75 Å². The average Bonchev–Trinajstić information content (AvgIpc) is 2.51. The van der Waals surface area contributed by atoms with Crippen LogP contribution in [0.4, 0.5) is 4.79 Å². The van der Waals surface area contributed by atoms with Crippen LogP contribution in [-0.4, -0.2) is 40.0 Å². The number of hydrogen-bond donors (Lipinski definition) is 3. The lowest BCUT2D eigenvalue weighted by molar-refractivity contribution is 0.0527. The van der Waals surface area contributed by atoms with Crippen LogP contribution in [0.25, 0.3) is 0 Å². The zero-order valence-corrected chi connectivity index (χ0v) is 14.7. The molecular weight excluding hydrogens is 312 g/mol. The molecule has 1 aromatic heterocycles. The molecule has 0 fully saturated rings. The number of nitrogens with zero attached hydrogens (tertiary/aromatic N) is 1. The first-order chi connectivity index (χ1) is 11.3. The number of nitrogens with one attached hydrogen (secondary N) is 1. The van der Waals surface area contributed by atoms with Crippen LogP contribution in [-0.2, 0) is 18.0 Å². The van der Waals surface area contributed by atoms with E-state index < -0.39 is 11.7 Å². The average molecular weight is 340 g/mol. The van der Waals surface area contributed by atoms with E-state index in [9.17, 15) is 4.79 Å². The van der Waals surface area contributed by atoms with E-state index in [0.717, 1.165) is 19.3 Å². The fourth-order valence-corrected chi connectivity index (χ4v) is 1.96. The third-order valence-corrected chi connectivity index (χ3v) is 2.99. The smallest absolute Gasteiger partial charge is 0.407 e. The molecule has 3 N–H and O–H groups in total. The summed E-state index contributed by atoms with van der Waals surface area (Å²) in [5.74, 6) is 0.588. The molecule has 0 aliphatic rings. The van der Waals surface area contributed by atoms with E-state index in [1.165, 1.54) is 0 Å². The number of rotatable bonds is 9. The van der Waals surface area contributed by atoms with Gasteiger partial charge in [0.25, 0.3) is 0 Å². The van der Waals surface area contributed by atoms with E-state index >= 15 is 0 Å². The number of carbonyl (C=O) groups is 1. The highest BCUT2D eigenvalue weighted by Crippen LogP contribution is 2.15. The maximum absolute atomic E-state index is 11.4. The molecule has 0 saturated carbocycles. The molecule has 1 rings (SSSR count). The summed E-state index contributed by atoms with van der Waals surface area (Å²) >= 11 is 0. The van der Waals surface area contributed by atoms with Gasteiger partial charge >= 0.3 is 6.09 Å². The Bertz CT molecular complexity index is 492. The van der Waals surface area contributed by atoms with Crippen molar-refractivity contribution in [2.45, 2.75) is 58.8 Å². The van der Waals surface area contributed by atoms with E-state index in [1.54, 1.807) is 12.1 Å². The lowest BCUT2D eigenvalue weighted by Crippen LogP contribution is -2.33. The molecule has 0 radical (unpaired) electrons. The molecule has 0 bridgehead atoms. The summed E-state index contributed by atoms with van der Waals surface area (Å²) in [6, 6.07) is 3.31. The van der Waals surface area contributed by atoms with E-state index in [4.69, 9.17) is 19.7 Å². The molecule has 0 spiro atoms. The van der Waals surface area contributed by atoms with Gasteiger partial charge in [0.15, 0.2) is 0 Å². The van der Waals surface area contributed by atoms with Gasteiger partial charge in [-0.1, -0.05) is 0 Å². The minimum Gasteiger partial charge on any atom is -0.493 e. The van der Waals surface area contributed by atoms with Crippen molar-refractivity contribution in [2.24, 2.45) is 0 Å². The normalized spacial score (nSPS) is 11.2. The third-order valence-electron chi connectivity index (χ3n) is 2.99. The predicted molar refractivity (Wildman–Crippen MR) is 89.7 cm³/mol. The van der Waals surface area contributed by atoms with Crippen molar-refractivity contribution in [2.75, 3.05) is 13.2 Å². The molecule has 0 aliphatic carbocycles. The Morgan fingerprint density at radius 1 is 1.12 bits per heavy atom. The molecule has 0 aromatic carbocycles. The maximum Gasteiger partial charge on any atom is 0.407 e. The molecular formula is C17H28N2O5. The van der Waals surface area contributed by atoms with Crippen LogP contribution in [0.15, 0.2) is 12.1 Å². The summed E-state index contributed by atoms with van der Waals surface area (Å²) in [6.07, 6.45) is 2.17. The molecule has 0 atom stereocenters. The van der Waals surface area contributed by atoms with Crippen LogP contribution < -0.4 is 10.1 Å². The van der Waals surface area contributed by atoms with Gasteiger partial charge in [-0.15, -0.1) is 0 Å². The highest BCUT2D eigenvalue weighted by Gasteiger charge is 2.15. The Kier molecular flexibility index (Phi) is 8.49. The lowest BCUT2D eigenvalue weighted by atomic mass is 10.2. The SMILES string of the molecule is CC(C)(C)OC(=O)NCCCCCOc1cc(CO)nc(CO)c1. The molecule has 0 aliphatic heterocycles. The van der Waals surface area contributed by atoms with Gasteiger partial charge in [0.2, 0.25) is 0 Å². The fraction of sp³-hybridized carbons (Fsp3) is 0.647. The highest BCUT2D eigenvalue weighted by atomic mass is 16.6. The van der Waals surface area contributed by atoms with Gasteiger partial charge < -0.3 is 25.0 Å². The Hall–Kier alpha value is -1.86. The summed E-state index contributed by atoms with van der Waals surface area (Å²) in [5.41, 5.74) is 0.458. The van der Waals surface area contributed by atoms with Crippen LogP contribution in [0.2, 0.25) is 0 Å². The standard InChI is InChI=1S/C17H28N2O5/c1-17(2,3)24-16(22)18-7-5-4-6-8-23-15-9-13(11-20)19-14(10-15)12-21/h9-10,20-21H,4-8,11-12H2,1-3H3,(H,18,22). The van der Waals surface area contributed by atoms with Crippen LogP contribution in [0.1, 0.15) is 51.4 Å². The minimum absolute atomic E-state index is 0.194. The van der Waals surface area contributed by atoms with Crippen LogP contribution >= 0.6 is 0 Å². The molecule has 1 heterocycles. The summed E-state index contributed by atoms with van der Waals surface area (Å²) in [7, 11) is 0. The van der Waals surface area contributed by atoms with Gasteiger partial charge in [-0.05, 0) is 40.0 Å². The van der Waals surface area contributed by atoms with Crippen LogP contribution in [0.5, 0.6) is 5.75 Å². The molecule has 1 amide bonds.